The molecule has 1 N–H and O–H groups in total. The molecule has 1 atom stereocenters. The second kappa shape index (κ2) is 2.71. The molecule has 2 heteroatoms. The second-order valence-corrected chi connectivity index (χ2v) is 5.46. The molecule has 13 heavy (non-hydrogen) atoms. The number of hydrogen-bond acceptors (Lipinski definition) is 2. The Morgan fingerprint density at radius 2 is 2.15 bits per heavy atom. The summed E-state index contributed by atoms with van der Waals surface area (Å²) in [5, 5.41) is 3.79. The van der Waals surface area contributed by atoms with E-state index < -0.39 is 0 Å². The Kier molecular flexibility index (Phi) is 1.72. The van der Waals surface area contributed by atoms with Crippen LogP contribution in [0.3, 0.4) is 0 Å². The van der Waals surface area contributed by atoms with Gasteiger partial charge in [0.15, 0.2) is 0 Å². The molecule has 0 amide bonds. The lowest BCUT2D eigenvalue weighted by Gasteiger charge is -2.18. The first-order valence-electron chi connectivity index (χ1n) is 5.70. The van der Waals surface area contributed by atoms with Gasteiger partial charge in [-0.25, -0.2) is 0 Å². The molecule has 0 unspecified atom stereocenters. The fourth-order valence-electron chi connectivity index (χ4n) is 2.80. The van der Waals surface area contributed by atoms with Crippen LogP contribution in [-0.4, -0.2) is 37.6 Å². The van der Waals surface area contributed by atoms with Crippen LogP contribution in [0.4, 0.5) is 0 Å². The molecule has 3 fully saturated rings. The Morgan fingerprint density at radius 3 is 2.77 bits per heavy atom. The van der Waals surface area contributed by atoms with Crippen LogP contribution in [0, 0.1) is 11.3 Å². The van der Waals surface area contributed by atoms with E-state index in [1.54, 1.807) is 0 Å². The Bertz CT molecular complexity index is 206. The normalized spacial score (nSPS) is 37.2. The molecule has 3 rings (SSSR count). The summed E-state index contributed by atoms with van der Waals surface area (Å²) >= 11 is 0. The van der Waals surface area contributed by atoms with Crippen LogP contribution < -0.4 is 5.32 Å². The number of nitrogens with zero attached hydrogens (tertiary/aromatic N) is 1. The van der Waals surface area contributed by atoms with Crippen LogP contribution in [0.5, 0.6) is 0 Å². The summed E-state index contributed by atoms with van der Waals surface area (Å²) in [5.41, 5.74) is 0.712. The monoisotopic (exact) mass is 180 g/mol. The van der Waals surface area contributed by atoms with E-state index in [1.807, 2.05) is 0 Å². The summed E-state index contributed by atoms with van der Waals surface area (Å²) in [6, 6.07) is 0.818. The van der Waals surface area contributed by atoms with E-state index >= 15 is 0 Å². The predicted octanol–water partition coefficient (Wildman–Crippen LogP) is 1.08. The summed E-state index contributed by atoms with van der Waals surface area (Å²) in [4.78, 5) is 2.50. The molecule has 0 aromatic carbocycles. The maximum Gasteiger partial charge on any atom is 0.0263 e. The second-order valence-electron chi connectivity index (χ2n) is 5.46. The zero-order valence-electron chi connectivity index (χ0n) is 8.55. The van der Waals surface area contributed by atoms with Crippen molar-refractivity contribution in [3.05, 3.63) is 0 Å². The van der Waals surface area contributed by atoms with Gasteiger partial charge in [0.05, 0.1) is 0 Å². The van der Waals surface area contributed by atoms with E-state index in [-0.39, 0.29) is 0 Å². The van der Waals surface area contributed by atoms with Crippen LogP contribution >= 0.6 is 0 Å². The Labute approximate surface area is 80.7 Å². The zero-order chi connectivity index (χ0) is 8.89. The molecule has 1 aliphatic heterocycles. The van der Waals surface area contributed by atoms with E-state index in [4.69, 9.17) is 0 Å². The molecule has 0 radical (unpaired) electrons. The fourth-order valence-corrected chi connectivity index (χ4v) is 2.80. The minimum absolute atomic E-state index is 0.712. The quantitative estimate of drug-likeness (QED) is 0.699. The lowest BCUT2D eigenvalue weighted by atomic mass is 10.0. The van der Waals surface area contributed by atoms with E-state index in [0.29, 0.717) is 5.41 Å². The predicted molar refractivity (Wildman–Crippen MR) is 53.7 cm³/mol. The van der Waals surface area contributed by atoms with Crippen LogP contribution in [0.25, 0.3) is 0 Å². The largest absolute Gasteiger partial charge is 0.312 e. The molecule has 0 bridgehead atoms. The van der Waals surface area contributed by atoms with Crippen molar-refractivity contribution in [2.75, 3.05) is 26.7 Å². The maximum atomic E-state index is 3.79. The molecule has 2 aliphatic carbocycles. The Morgan fingerprint density at radius 1 is 1.38 bits per heavy atom. The van der Waals surface area contributed by atoms with Gasteiger partial charge in [0.2, 0.25) is 0 Å². The minimum Gasteiger partial charge on any atom is -0.312 e. The van der Waals surface area contributed by atoms with E-state index in [0.717, 1.165) is 12.0 Å². The molecule has 0 aromatic heterocycles. The highest BCUT2D eigenvalue weighted by Crippen LogP contribution is 2.52. The standard InChI is InChI=1S/C11H20N2/c1-13-7-10(11(8-13)4-5-11)12-6-9-2-3-9/h9-10,12H,2-8H2,1H3/t10-/m0/s1. The third kappa shape index (κ3) is 1.50. The number of rotatable bonds is 3. The highest BCUT2D eigenvalue weighted by atomic mass is 15.2. The smallest absolute Gasteiger partial charge is 0.0263 e. The molecule has 2 saturated carbocycles. The zero-order valence-corrected chi connectivity index (χ0v) is 8.55. The van der Waals surface area contributed by atoms with Gasteiger partial charge in [-0.2, -0.15) is 0 Å². The maximum absolute atomic E-state index is 3.79. The highest BCUT2D eigenvalue weighted by molar-refractivity contribution is 5.09. The van der Waals surface area contributed by atoms with Gasteiger partial charge in [0.25, 0.3) is 0 Å². The molecule has 0 aromatic rings. The van der Waals surface area contributed by atoms with Crippen molar-refractivity contribution >= 4 is 0 Å². The Hall–Kier alpha value is -0.0800. The van der Waals surface area contributed by atoms with Gasteiger partial charge in [-0.3, -0.25) is 0 Å². The first-order chi connectivity index (χ1) is 6.28. The molecule has 2 nitrogen and oxygen atoms in total. The molecule has 1 saturated heterocycles. The average Bonchev–Trinajstić information content (AvgIpc) is 2.92. The summed E-state index contributed by atoms with van der Waals surface area (Å²) in [6.07, 6.45) is 5.89. The molecule has 3 aliphatic rings. The van der Waals surface area contributed by atoms with Gasteiger partial charge in [-0.15, -0.1) is 0 Å². The van der Waals surface area contributed by atoms with Gasteiger partial charge >= 0.3 is 0 Å². The number of hydrogen-bond donors (Lipinski definition) is 1. The lowest BCUT2D eigenvalue weighted by Crippen LogP contribution is -2.38. The van der Waals surface area contributed by atoms with E-state index in [1.165, 1.54) is 45.3 Å². The van der Waals surface area contributed by atoms with Crippen molar-refractivity contribution in [2.24, 2.45) is 11.3 Å². The fraction of sp³-hybridized carbons (Fsp3) is 1.00. The van der Waals surface area contributed by atoms with Crippen LogP contribution in [0.1, 0.15) is 25.7 Å². The first kappa shape index (κ1) is 8.25. The third-order valence-corrected chi connectivity index (χ3v) is 4.06. The van der Waals surface area contributed by atoms with Crippen molar-refractivity contribution < 1.29 is 0 Å². The van der Waals surface area contributed by atoms with E-state index in [9.17, 15) is 0 Å². The van der Waals surface area contributed by atoms with E-state index in [2.05, 4.69) is 17.3 Å². The average molecular weight is 180 g/mol. The molecular weight excluding hydrogens is 160 g/mol. The summed E-state index contributed by atoms with van der Waals surface area (Å²) in [6.45, 7) is 3.92. The van der Waals surface area contributed by atoms with Gasteiger partial charge in [0, 0.05) is 19.1 Å². The molecule has 74 valence electrons. The van der Waals surface area contributed by atoms with Crippen molar-refractivity contribution in [1.82, 2.24) is 10.2 Å². The number of likely N-dealkylation sites (N-methyl/N-ethyl adjacent to an activating group) is 1. The third-order valence-electron chi connectivity index (χ3n) is 4.06. The summed E-state index contributed by atoms with van der Waals surface area (Å²) < 4.78 is 0. The molecule has 1 heterocycles. The number of likely N-dealkylation sites (tertiary alicyclic amines) is 1. The van der Waals surface area contributed by atoms with Gasteiger partial charge in [-0.1, -0.05) is 0 Å². The first-order valence-corrected chi connectivity index (χ1v) is 5.70. The number of nitrogens with one attached hydrogen (secondary N) is 1. The highest BCUT2D eigenvalue weighted by Gasteiger charge is 2.53. The lowest BCUT2D eigenvalue weighted by molar-refractivity contribution is 0.388. The molecular formula is C11H20N2. The van der Waals surface area contributed by atoms with Gasteiger partial charge < -0.3 is 10.2 Å². The van der Waals surface area contributed by atoms with Crippen molar-refractivity contribution in [1.29, 1.82) is 0 Å². The van der Waals surface area contributed by atoms with Crippen LogP contribution in [0.2, 0.25) is 0 Å². The SMILES string of the molecule is CN1C[C@H](NCC2CC2)C2(CC2)C1. The van der Waals surface area contributed by atoms with Gasteiger partial charge in [-0.05, 0) is 50.6 Å². The molecule has 1 spiro atoms. The van der Waals surface area contributed by atoms with Crippen LogP contribution in [0.15, 0.2) is 0 Å². The summed E-state index contributed by atoms with van der Waals surface area (Å²) in [5.74, 6) is 1.03. The van der Waals surface area contributed by atoms with Crippen molar-refractivity contribution in [3.63, 3.8) is 0 Å². The van der Waals surface area contributed by atoms with Crippen LogP contribution in [-0.2, 0) is 0 Å². The topological polar surface area (TPSA) is 15.3 Å². The Balaban J connectivity index is 1.56. The van der Waals surface area contributed by atoms with Crippen molar-refractivity contribution in [2.45, 2.75) is 31.7 Å². The van der Waals surface area contributed by atoms with Crippen molar-refractivity contribution in [3.8, 4) is 0 Å². The minimum atomic E-state index is 0.712. The van der Waals surface area contributed by atoms with Gasteiger partial charge in [0.1, 0.15) is 0 Å². The summed E-state index contributed by atoms with van der Waals surface area (Å²) in [7, 11) is 2.26.